The van der Waals surface area contributed by atoms with Gasteiger partial charge in [0.1, 0.15) is 11.6 Å². The molecule has 0 saturated carbocycles. The Labute approximate surface area is 125 Å². The van der Waals surface area contributed by atoms with E-state index in [0.29, 0.717) is 16.4 Å². The maximum absolute atomic E-state index is 13.3. The Morgan fingerprint density at radius 2 is 2.00 bits per heavy atom. The molecule has 1 aromatic heterocycles. The highest BCUT2D eigenvalue weighted by Crippen LogP contribution is 2.29. The molecule has 0 aliphatic carbocycles. The number of fused-ring (bicyclic) bond motifs is 1. The van der Waals surface area contributed by atoms with Gasteiger partial charge in [0.2, 0.25) is 0 Å². The van der Waals surface area contributed by atoms with Gasteiger partial charge in [-0.05, 0) is 37.3 Å². The number of benzene rings is 2. The van der Waals surface area contributed by atoms with Gasteiger partial charge in [-0.3, -0.25) is 4.57 Å². The van der Waals surface area contributed by atoms with Crippen molar-refractivity contribution in [3.8, 4) is 5.69 Å². The quantitative estimate of drug-likeness (QED) is 0.601. The third kappa shape index (κ3) is 2.28. The SMILES string of the molecule is CC(Cl)c1nc2cc(F)ccc2n1-c1cccc(Cl)c1. The highest BCUT2D eigenvalue weighted by Gasteiger charge is 2.16. The zero-order chi connectivity index (χ0) is 14.3. The molecule has 2 nitrogen and oxygen atoms in total. The molecule has 0 aliphatic rings. The number of alkyl halides is 1. The van der Waals surface area contributed by atoms with Crippen molar-refractivity contribution in [2.24, 2.45) is 0 Å². The molecule has 102 valence electrons. The topological polar surface area (TPSA) is 17.8 Å². The van der Waals surface area contributed by atoms with Gasteiger partial charge in [-0.2, -0.15) is 0 Å². The molecule has 1 atom stereocenters. The van der Waals surface area contributed by atoms with Crippen LogP contribution in [0.2, 0.25) is 5.02 Å². The Balaban J connectivity index is 2.34. The largest absolute Gasteiger partial charge is 0.295 e. The molecule has 0 aliphatic heterocycles. The summed E-state index contributed by atoms with van der Waals surface area (Å²) in [4.78, 5) is 4.43. The average molecular weight is 309 g/mol. The van der Waals surface area contributed by atoms with E-state index in [2.05, 4.69) is 4.98 Å². The first kappa shape index (κ1) is 13.4. The first-order valence-corrected chi connectivity index (χ1v) is 6.95. The van der Waals surface area contributed by atoms with Crippen molar-refractivity contribution in [1.82, 2.24) is 9.55 Å². The summed E-state index contributed by atoms with van der Waals surface area (Å²) in [5, 5.41) is 0.323. The minimum absolute atomic E-state index is 0.301. The number of rotatable bonds is 2. The van der Waals surface area contributed by atoms with Gasteiger partial charge in [-0.25, -0.2) is 9.37 Å². The van der Waals surface area contributed by atoms with Crippen LogP contribution in [0.3, 0.4) is 0 Å². The molecule has 0 bridgehead atoms. The van der Waals surface area contributed by atoms with E-state index >= 15 is 0 Å². The molecule has 2 aromatic carbocycles. The van der Waals surface area contributed by atoms with Gasteiger partial charge in [-0.15, -0.1) is 11.6 Å². The maximum Gasteiger partial charge on any atom is 0.132 e. The van der Waals surface area contributed by atoms with Crippen LogP contribution in [-0.4, -0.2) is 9.55 Å². The first-order chi connectivity index (χ1) is 9.56. The fraction of sp³-hybridized carbons (Fsp3) is 0.133. The van der Waals surface area contributed by atoms with Gasteiger partial charge in [0.15, 0.2) is 0 Å². The van der Waals surface area contributed by atoms with Crippen LogP contribution in [0, 0.1) is 5.82 Å². The highest BCUT2D eigenvalue weighted by molar-refractivity contribution is 6.30. The van der Waals surface area contributed by atoms with Crippen LogP contribution in [0.4, 0.5) is 4.39 Å². The Kier molecular flexibility index (Phi) is 3.40. The standard InChI is InChI=1S/C15H11Cl2FN2/c1-9(16)15-19-13-8-11(18)5-6-14(13)20(15)12-4-2-3-10(17)7-12/h2-9H,1H3. The summed E-state index contributed by atoms with van der Waals surface area (Å²) < 4.78 is 15.2. The van der Waals surface area contributed by atoms with E-state index in [1.165, 1.54) is 12.1 Å². The summed E-state index contributed by atoms with van der Waals surface area (Å²) in [5.41, 5.74) is 2.23. The molecule has 3 aromatic rings. The summed E-state index contributed by atoms with van der Waals surface area (Å²) in [6.07, 6.45) is 0. The van der Waals surface area contributed by atoms with E-state index < -0.39 is 0 Å². The summed E-state index contributed by atoms with van der Waals surface area (Å²) >= 11 is 12.2. The van der Waals surface area contributed by atoms with Crippen LogP contribution < -0.4 is 0 Å². The van der Waals surface area contributed by atoms with Gasteiger partial charge >= 0.3 is 0 Å². The summed E-state index contributed by atoms with van der Waals surface area (Å²) in [7, 11) is 0. The lowest BCUT2D eigenvalue weighted by Crippen LogP contribution is -2.01. The Hall–Kier alpha value is -1.58. The monoisotopic (exact) mass is 308 g/mol. The summed E-state index contributed by atoms with van der Waals surface area (Å²) in [5.74, 6) is 0.344. The molecule has 0 radical (unpaired) electrons. The van der Waals surface area contributed by atoms with E-state index in [9.17, 15) is 4.39 Å². The lowest BCUT2D eigenvalue weighted by atomic mass is 10.2. The maximum atomic E-state index is 13.3. The van der Waals surface area contributed by atoms with Crippen molar-refractivity contribution in [2.45, 2.75) is 12.3 Å². The molecule has 0 amide bonds. The van der Waals surface area contributed by atoms with Crippen LogP contribution >= 0.6 is 23.2 Å². The minimum Gasteiger partial charge on any atom is -0.295 e. The predicted octanol–water partition coefficient (Wildman–Crippen LogP) is 5.12. The molecule has 0 spiro atoms. The molecule has 0 fully saturated rings. The zero-order valence-corrected chi connectivity index (χ0v) is 12.2. The molecule has 0 N–H and O–H groups in total. The molecular formula is C15H11Cl2FN2. The average Bonchev–Trinajstić information content (AvgIpc) is 2.77. The van der Waals surface area contributed by atoms with Crippen LogP contribution in [0.25, 0.3) is 16.7 Å². The molecular weight excluding hydrogens is 298 g/mol. The number of aromatic nitrogens is 2. The van der Waals surface area contributed by atoms with Crippen molar-refractivity contribution < 1.29 is 4.39 Å². The number of nitrogens with zero attached hydrogens (tertiary/aromatic N) is 2. The Morgan fingerprint density at radius 1 is 1.20 bits per heavy atom. The smallest absolute Gasteiger partial charge is 0.132 e. The number of imidazole rings is 1. The van der Waals surface area contributed by atoms with Gasteiger partial charge < -0.3 is 0 Å². The lowest BCUT2D eigenvalue weighted by Gasteiger charge is -2.10. The highest BCUT2D eigenvalue weighted by atomic mass is 35.5. The van der Waals surface area contributed by atoms with E-state index in [4.69, 9.17) is 23.2 Å². The Morgan fingerprint density at radius 3 is 2.70 bits per heavy atom. The summed E-state index contributed by atoms with van der Waals surface area (Å²) in [6, 6.07) is 11.9. The van der Waals surface area contributed by atoms with E-state index in [0.717, 1.165) is 11.2 Å². The third-order valence-corrected chi connectivity index (χ3v) is 3.49. The second kappa shape index (κ2) is 5.08. The molecule has 0 saturated heterocycles. The molecule has 3 rings (SSSR count). The first-order valence-electron chi connectivity index (χ1n) is 6.14. The van der Waals surface area contributed by atoms with Gasteiger partial charge in [0, 0.05) is 16.8 Å². The van der Waals surface area contributed by atoms with Crippen molar-refractivity contribution in [1.29, 1.82) is 0 Å². The summed E-state index contributed by atoms with van der Waals surface area (Å²) in [6.45, 7) is 1.83. The predicted molar refractivity (Wildman–Crippen MR) is 80.3 cm³/mol. The van der Waals surface area contributed by atoms with Gasteiger partial charge in [-0.1, -0.05) is 17.7 Å². The fourth-order valence-corrected chi connectivity index (χ4v) is 2.56. The van der Waals surface area contributed by atoms with E-state index in [1.54, 1.807) is 12.1 Å². The van der Waals surface area contributed by atoms with Crippen LogP contribution in [0.5, 0.6) is 0 Å². The van der Waals surface area contributed by atoms with Gasteiger partial charge in [0.05, 0.1) is 16.4 Å². The fourth-order valence-electron chi connectivity index (χ4n) is 2.23. The van der Waals surface area contributed by atoms with Crippen molar-refractivity contribution >= 4 is 34.2 Å². The van der Waals surface area contributed by atoms with Crippen molar-refractivity contribution in [3.63, 3.8) is 0 Å². The van der Waals surface area contributed by atoms with Crippen molar-refractivity contribution in [2.75, 3.05) is 0 Å². The molecule has 1 unspecified atom stereocenters. The van der Waals surface area contributed by atoms with Crippen LogP contribution in [0.15, 0.2) is 42.5 Å². The zero-order valence-electron chi connectivity index (χ0n) is 10.6. The molecule has 5 heteroatoms. The number of halogens is 3. The molecule has 1 heterocycles. The van der Waals surface area contributed by atoms with Crippen molar-refractivity contribution in [3.05, 3.63) is 59.1 Å². The normalized spacial score (nSPS) is 12.8. The second-order valence-electron chi connectivity index (χ2n) is 4.53. The molecule has 20 heavy (non-hydrogen) atoms. The van der Waals surface area contributed by atoms with E-state index in [-0.39, 0.29) is 11.2 Å². The van der Waals surface area contributed by atoms with E-state index in [1.807, 2.05) is 29.7 Å². The van der Waals surface area contributed by atoms with Crippen LogP contribution in [-0.2, 0) is 0 Å². The number of hydrogen-bond donors (Lipinski definition) is 0. The second-order valence-corrected chi connectivity index (χ2v) is 5.63. The number of hydrogen-bond acceptors (Lipinski definition) is 1. The lowest BCUT2D eigenvalue weighted by molar-refractivity contribution is 0.629. The van der Waals surface area contributed by atoms with Gasteiger partial charge in [0.25, 0.3) is 0 Å². The minimum atomic E-state index is -0.318. The Bertz CT molecular complexity index is 781. The third-order valence-electron chi connectivity index (χ3n) is 3.06. The van der Waals surface area contributed by atoms with Crippen LogP contribution in [0.1, 0.15) is 18.1 Å².